The summed E-state index contributed by atoms with van der Waals surface area (Å²) >= 11 is 5.93. The third kappa shape index (κ3) is 5.91. The number of halogens is 1. The molecule has 8 heteroatoms. The largest absolute Gasteiger partial charge is 0.378 e. The van der Waals surface area contributed by atoms with Crippen LogP contribution in [0.15, 0.2) is 24.3 Å². The Morgan fingerprint density at radius 1 is 1.07 bits per heavy atom. The van der Waals surface area contributed by atoms with Crippen LogP contribution >= 0.6 is 11.6 Å². The van der Waals surface area contributed by atoms with E-state index in [1.54, 1.807) is 0 Å². The van der Waals surface area contributed by atoms with Crippen LogP contribution in [0.3, 0.4) is 0 Å². The highest BCUT2D eigenvalue weighted by molar-refractivity contribution is 6.30. The number of ether oxygens (including phenoxy) is 1. The lowest BCUT2D eigenvalue weighted by molar-refractivity contribution is -0.896. The fraction of sp³-hybridized carbons (Fsp3) is 0.600. The second-order valence-corrected chi connectivity index (χ2v) is 8.02. The fourth-order valence-corrected chi connectivity index (χ4v) is 3.82. The van der Waals surface area contributed by atoms with Gasteiger partial charge in [0.05, 0.1) is 39.4 Å². The zero-order valence-corrected chi connectivity index (χ0v) is 17.3. The molecule has 28 heavy (non-hydrogen) atoms. The molecule has 0 aromatic heterocycles. The Kier molecular flexibility index (Phi) is 7.67. The van der Waals surface area contributed by atoms with Gasteiger partial charge in [-0.15, -0.1) is 0 Å². The molecule has 3 N–H and O–H groups in total. The van der Waals surface area contributed by atoms with Crippen LogP contribution in [0.5, 0.6) is 0 Å². The molecule has 2 heterocycles. The summed E-state index contributed by atoms with van der Waals surface area (Å²) in [7, 11) is 0. The Morgan fingerprint density at radius 3 is 2.32 bits per heavy atom. The van der Waals surface area contributed by atoms with Gasteiger partial charge in [0.2, 0.25) is 0 Å². The Balaban J connectivity index is 1.37. The molecular weight excluding hydrogens is 380 g/mol. The van der Waals surface area contributed by atoms with Crippen LogP contribution in [0.4, 0.5) is 0 Å². The average Bonchev–Trinajstić information content (AvgIpc) is 2.73. The van der Waals surface area contributed by atoms with Gasteiger partial charge in [0, 0.05) is 23.7 Å². The molecule has 7 nitrogen and oxygen atoms in total. The maximum Gasteiger partial charge on any atom is 0.278 e. The summed E-state index contributed by atoms with van der Waals surface area (Å²) in [5, 5.41) is 2.78. The average molecular weight is 411 g/mol. The summed E-state index contributed by atoms with van der Waals surface area (Å²) < 4.78 is 5.30. The molecule has 1 aromatic carbocycles. The summed E-state index contributed by atoms with van der Waals surface area (Å²) in [6.07, 6.45) is 0. The van der Waals surface area contributed by atoms with Gasteiger partial charge in [-0.3, -0.25) is 9.59 Å². The van der Waals surface area contributed by atoms with Crippen LogP contribution in [0.2, 0.25) is 5.02 Å². The lowest BCUT2D eigenvalue weighted by Gasteiger charge is -2.33. The second kappa shape index (κ2) is 10.2. The van der Waals surface area contributed by atoms with E-state index >= 15 is 0 Å². The van der Waals surface area contributed by atoms with Crippen molar-refractivity contribution >= 4 is 23.4 Å². The number of hydrogen-bond donors (Lipinski definition) is 2. The highest BCUT2D eigenvalue weighted by atomic mass is 35.5. The van der Waals surface area contributed by atoms with E-state index in [1.165, 1.54) is 4.90 Å². The van der Waals surface area contributed by atoms with E-state index in [0.717, 1.165) is 23.7 Å². The van der Waals surface area contributed by atoms with Crippen molar-refractivity contribution in [1.82, 2.24) is 9.80 Å². The van der Waals surface area contributed by atoms with Gasteiger partial charge in [0.1, 0.15) is 6.04 Å². The number of amides is 2. The van der Waals surface area contributed by atoms with E-state index in [0.29, 0.717) is 52.5 Å². The van der Waals surface area contributed by atoms with Crippen LogP contribution in [-0.2, 0) is 14.3 Å². The van der Waals surface area contributed by atoms with Gasteiger partial charge in [0.25, 0.3) is 11.8 Å². The molecule has 2 aliphatic heterocycles. The first-order chi connectivity index (χ1) is 13.5. The summed E-state index contributed by atoms with van der Waals surface area (Å²) in [5.74, 6) is 0.363. The SMILES string of the molecule is C[C@H]([NH2+]CC(=O)N1CC[NH+](CC(=O)N2CCOCC2)CC1)c1ccc(Cl)cc1. The van der Waals surface area contributed by atoms with Crippen LogP contribution in [0.1, 0.15) is 18.5 Å². The molecule has 0 spiro atoms. The minimum Gasteiger partial charge on any atom is -0.378 e. The summed E-state index contributed by atoms with van der Waals surface area (Å²) in [5.41, 5.74) is 1.16. The summed E-state index contributed by atoms with van der Waals surface area (Å²) in [6, 6.07) is 7.97. The first-order valence-electron chi connectivity index (χ1n) is 10.1. The maximum absolute atomic E-state index is 12.5. The third-order valence-electron chi connectivity index (χ3n) is 5.63. The number of quaternary nitrogens is 2. The van der Waals surface area contributed by atoms with Gasteiger partial charge in [-0.1, -0.05) is 23.7 Å². The zero-order valence-electron chi connectivity index (χ0n) is 16.5. The highest BCUT2D eigenvalue weighted by Gasteiger charge is 2.28. The van der Waals surface area contributed by atoms with Crippen molar-refractivity contribution in [2.75, 3.05) is 65.6 Å². The topological polar surface area (TPSA) is 70.9 Å². The first kappa shape index (κ1) is 21.0. The zero-order chi connectivity index (χ0) is 19.9. The van der Waals surface area contributed by atoms with Crippen LogP contribution in [-0.4, -0.2) is 87.2 Å². The molecule has 0 radical (unpaired) electrons. The standard InChI is InChI=1S/C20H29ClN4O3/c1-16(17-2-4-18(21)5-3-17)22-14-19(26)24-8-6-23(7-9-24)15-20(27)25-10-12-28-13-11-25/h2-5,16,22H,6-15H2,1H3/p+2/t16-/m0/s1. The number of benzene rings is 1. The molecule has 2 aliphatic rings. The number of hydrogen-bond acceptors (Lipinski definition) is 3. The number of carbonyl (C=O) groups excluding carboxylic acids is 2. The molecule has 2 fully saturated rings. The smallest absolute Gasteiger partial charge is 0.278 e. The number of morpholine rings is 1. The number of nitrogens with two attached hydrogens (primary N) is 1. The second-order valence-electron chi connectivity index (χ2n) is 7.58. The van der Waals surface area contributed by atoms with Crippen molar-refractivity contribution < 1.29 is 24.5 Å². The predicted octanol–water partition coefficient (Wildman–Crippen LogP) is -1.45. The quantitative estimate of drug-likeness (QED) is 0.603. The Bertz CT molecular complexity index is 656. The molecule has 3 rings (SSSR count). The molecular formula is C20H31ClN4O3+2. The number of rotatable bonds is 6. The van der Waals surface area contributed by atoms with E-state index in [2.05, 4.69) is 12.2 Å². The molecule has 0 aliphatic carbocycles. The minimum absolute atomic E-state index is 0.166. The molecule has 2 saturated heterocycles. The van der Waals surface area contributed by atoms with Gasteiger partial charge in [-0.2, -0.15) is 0 Å². The molecule has 2 amide bonds. The number of nitrogens with zero attached hydrogens (tertiary/aromatic N) is 2. The van der Waals surface area contributed by atoms with Crippen molar-refractivity contribution in [2.24, 2.45) is 0 Å². The molecule has 0 saturated carbocycles. The normalized spacial score (nSPS) is 19.5. The van der Waals surface area contributed by atoms with E-state index in [4.69, 9.17) is 16.3 Å². The van der Waals surface area contributed by atoms with Crippen molar-refractivity contribution in [3.05, 3.63) is 34.9 Å². The van der Waals surface area contributed by atoms with Gasteiger partial charge >= 0.3 is 0 Å². The first-order valence-corrected chi connectivity index (χ1v) is 10.5. The van der Waals surface area contributed by atoms with Gasteiger partial charge < -0.3 is 24.8 Å². The Hall–Kier alpha value is -1.67. The van der Waals surface area contributed by atoms with Crippen molar-refractivity contribution in [3.63, 3.8) is 0 Å². The maximum atomic E-state index is 12.5. The molecule has 0 bridgehead atoms. The van der Waals surface area contributed by atoms with E-state index in [9.17, 15) is 9.59 Å². The molecule has 1 atom stereocenters. The molecule has 154 valence electrons. The van der Waals surface area contributed by atoms with Crippen molar-refractivity contribution in [3.8, 4) is 0 Å². The lowest BCUT2D eigenvalue weighted by atomic mass is 10.1. The van der Waals surface area contributed by atoms with E-state index in [-0.39, 0.29) is 17.9 Å². The van der Waals surface area contributed by atoms with Crippen molar-refractivity contribution in [2.45, 2.75) is 13.0 Å². The van der Waals surface area contributed by atoms with Gasteiger partial charge in [-0.25, -0.2) is 0 Å². The van der Waals surface area contributed by atoms with Crippen molar-refractivity contribution in [1.29, 1.82) is 0 Å². The minimum atomic E-state index is 0.166. The predicted molar refractivity (Wildman–Crippen MR) is 106 cm³/mol. The van der Waals surface area contributed by atoms with Crippen LogP contribution in [0, 0.1) is 0 Å². The van der Waals surface area contributed by atoms with E-state index in [1.807, 2.05) is 34.1 Å². The number of nitrogens with one attached hydrogen (secondary N) is 1. The van der Waals surface area contributed by atoms with Gasteiger partial charge in [0.15, 0.2) is 13.1 Å². The third-order valence-corrected chi connectivity index (χ3v) is 5.88. The Morgan fingerprint density at radius 2 is 1.68 bits per heavy atom. The number of carbonyl (C=O) groups is 2. The lowest BCUT2D eigenvalue weighted by Crippen LogP contribution is -3.16. The molecule has 0 unspecified atom stereocenters. The summed E-state index contributed by atoms with van der Waals surface area (Å²) in [6.45, 7) is 8.79. The van der Waals surface area contributed by atoms with Gasteiger partial charge in [-0.05, 0) is 19.1 Å². The highest BCUT2D eigenvalue weighted by Crippen LogP contribution is 2.13. The summed E-state index contributed by atoms with van der Waals surface area (Å²) in [4.78, 5) is 30.0. The number of piperazine rings is 1. The van der Waals surface area contributed by atoms with E-state index < -0.39 is 0 Å². The molecule has 1 aromatic rings. The van der Waals surface area contributed by atoms with Crippen LogP contribution < -0.4 is 10.2 Å². The fourth-order valence-electron chi connectivity index (χ4n) is 3.70. The monoisotopic (exact) mass is 410 g/mol. The van der Waals surface area contributed by atoms with Crippen LogP contribution in [0.25, 0.3) is 0 Å². The Labute approximate surface area is 171 Å².